The van der Waals surface area contributed by atoms with Crippen LogP contribution in [0.5, 0.6) is 0 Å². The smallest absolute Gasteiger partial charge is 0.253 e. The van der Waals surface area contributed by atoms with Crippen LogP contribution in [0.4, 0.5) is 0 Å². The van der Waals surface area contributed by atoms with Gasteiger partial charge in [0.25, 0.3) is 5.91 Å². The summed E-state index contributed by atoms with van der Waals surface area (Å²) < 4.78 is 0. The molecule has 1 saturated heterocycles. The van der Waals surface area contributed by atoms with Crippen molar-refractivity contribution in [3.63, 3.8) is 0 Å². The number of hydrogen-bond acceptors (Lipinski definition) is 4. The third-order valence-corrected chi connectivity index (χ3v) is 6.96. The van der Waals surface area contributed by atoms with Crippen molar-refractivity contribution in [3.05, 3.63) is 64.3 Å². The molecule has 162 valence electrons. The first-order valence-corrected chi connectivity index (χ1v) is 11.9. The molecule has 4 rings (SSSR count). The Balaban J connectivity index is 1.57. The van der Waals surface area contributed by atoms with Gasteiger partial charge in [-0.2, -0.15) is 0 Å². The molecule has 4 nitrogen and oxygen atoms in total. The van der Waals surface area contributed by atoms with Crippen LogP contribution in [-0.4, -0.2) is 34.9 Å². The number of piperidine rings is 1. The Morgan fingerprint density at radius 3 is 2.71 bits per heavy atom. The van der Waals surface area contributed by atoms with Crippen LogP contribution in [0.2, 0.25) is 5.02 Å². The second-order valence-corrected chi connectivity index (χ2v) is 10.5. The molecule has 3 heterocycles. The van der Waals surface area contributed by atoms with Gasteiger partial charge in [-0.15, -0.1) is 11.3 Å². The van der Waals surface area contributed by atoms with Gasteiger partial charge in [0.2, 0.25) is 0 Å². The fraction of sp³-hybridized carbons (Fsp3) is 0.360. The fourth-order valence-corrected chi connectivity index (χ4v) is 5.17. The van der Waals surface area contributed by atoms with Gasteiger partial charge in [0.15, 0.2) is 0 Å². The average molecular weight is 454 g/mol. The Labute approximate surface area is 193 Å². The maximum absolute atomic E-state index is 12.9. The predicted molar refractivity (Wildman–Crippen MR) is 130 cm³/mol. The number of carbonyl (C=O) groups is 1. The maximum atomic E-state index is 12.9. The minimum Gasteiger partial charge on any atom is -0.337 e. The third kappa shape index (κ3) is 4.84. The topological polar surface area (TPSA) is 59.2 Å². The second-order valence-electron chi connectivity index (χ2n) is 9.23. The molecule has 6 heteroatoms. The van der Waals surface area contributed by atoms with Crippen LogP contribution < -0.4 is 5.73 Å². The first-order valence-electron chi connectivity index (χ1n) is 10.6. The summed E-state index contributed by atoms with van der Waals surface area (Å²) in [7, 11) is 0. The first-order chi connectivity index (χ1) is 14.7. The molecule has 0 aliphatic carbocycles. The monoisotopic (exact) mass is 453 g/mol. The number of nitrogens with two attached hydrogens (primary N) is 1. The highest BCUT2D eigenvalue weighted by molar-refractivity contribution is 7.14. The summed E-state index contributed by atoms with van der Waals surface area (Å²) in [4.78, 5) is 20.3. The minimum absolute atomic E-state index is 0.00118. The third-order valence-electron chi connectivity index (χ3n) is 5.69. The van der Waals surface area contributed by atoms with E-state index in [4.69, 9.17) is 17.3 Å². The van der Waals surface area contributed by atoms with Crippen molar-refractivity contribution < 1.29 is 4.79 Å². The maximum Gasteiger partial charge on any atom is 0.253 e. The highest BCUT2D eigenvalue weighted by atomic mass is 35.5. The van der Waals surface area contributed by atoms with Crippen LogP contribution >= 0.6 is 22.9 Å². The Hall–Kier alpha value is -2.21. The molecule has 1 fully saturated rings. The Morgan fingerprint density at radius 2 is 2.00 bits per heavy atom. The zero-order chi connectivity index (χ0) is 22.2. The molecule has 1 amide bonds. The summed E-state index contributed by atoms with van der Waals surface area (Å²) in [5.41, 5.74) is 10.9. The fourth-order valence-electron chi connectivity index (χ4n) is 3.87. The van der Waals surface area contributed by atoms with Gasteiger partial charge in [0.1, 0.15) is 0 Å². The van der Waals surface area contributed by atoms with Crippen molar-refractivity contribution in [1.82, 2.24) is 9.88 Å². The molecule has 0 bridgehead atoms. The van der Waals surface area contributed by atoms with Gasteiger partial charge in [-0.05, 0) is 59.7 Å². The van der Waals surface area contributed by atoms with E-state index in [1.807, 2.05) is 29.3 Å². The number of benzene rings is 1. The highest BCUT2D eigenvalue weighted by Crippen LogP contribution is 2.37. The van der Waals surface area contributed by atoms with E-state index in [2.05, 4.69) is 43.3 Å². The number of pyridine rings is 1. The number of carbonyl (C=O) groups excluding carboxylic acids is 1. The molecular formula is C25H28ClN3OS. The molecule has 1 atom stereocenters. The van der Waals surface area contributed by atoms with Crippen molar-refractivity contribution in [2.24, 2.45) is 5.73 Å². The van der Waals surface area contributed by atoms with Crippen molar-refractivity contribution in [2.45, 2.75) is 45.1 Å². The normalized spacial score (nSPS) is 17.1. The van der Waals surface area contributed by atoms with E-state index in [0.717, 1.165) is 46.6 Å². The number of likely N-dealkylation sites (tertiary alicyclic amines) is 1. The van der Waals surface area contributed by atoms with Crippen molar-refractivity contribution >= 4 is 28.8 Å². The molecule has 0 radical (unpaired) electrons. The number of aromatic nitrogens is 1. The Kier molecular flexibility index (Phi) is 6.20. The standard InChI is InChI=1S/C25H28ClN3OS/c1-25(2,3)23-13-16(8-9-28-23)18-12-22(31-15-18)20-7-6-17(11-21(20)26)24(30)29-10-4-5-19(27)14-29/h6-9,11-13,15,19H,4-5,10,14,27H2,1-3H3/t19-/m1/s1. The molecule has 0 unspecified atom stereocenters. The molecule has 1 aliphatic rings. The largest absolute Gasteiger partial charge is 0.337 e. The molecule has 0 spiro atoms. The van der Waals surface area contributed by atoms with E-state index in [1.165, 1.54) is 0 Å². The number of rotatable bonds is 3. The first kappa shape index (κ1) is 22.0. The van der Waals surface area contributed by atoms with Gasteiger partial charge in [0.05, 0.1) is 5.02 Å². The molecule has 2 N–H and O–H groups in total. The number of hydrogen-bond donors (Lipinski definition) is 1. The van der Waals surface area contributed by atoms with E-state index in [9.17, 15) is 4.79 Å². The number of nitrogens with zero attached hydrogens (tertiary/aromatic N) is 2. The molecular weight excluding hydrogens is 426 g/mol. The van der Waals surface area contributed by atoms with Crippen LogP contribution in [0.3, 0.4) is 0 Å². The van der Waals surface area contributed by atoms with Crippen LogP contribution in [0, 0.1) is 0 Å². The van der Waals surface area contributed by atoms with E-state index >= 15 is 0 Å². The van der Waals surface area contributed by atoms with Gasteiger partial charge in [-0.25, -0.2) is 0 Å². The van der Waals surface area contributed by atoms with Gasteiger partial charge >= 0.3 is 0 Å². The summed E-state index contributed by atoms with van der Waals surface area (Å²) in [6.45, 7) is 7.85. The second kappa shape index (κ2) is 8.73. The van der Waals surface area contributed by atoms with E-state index in [-0.39, 0.29) is 17.4 Å². The van der Waals surface area contributed by atoms with E-state index in [1.54, 1.807) is 17.4 Å². The average Bonchev–Trinajstić information content (AvgIpc) is 3.22. The number of thiophene rings is 1. The Morgan fingerprint density at radius 1 is 1.19 bits per heavy atom. The molecule has 2 aromatic heterocycles. The molecule has 0 saturated carbocycles. The van der Waals surface area contributed by atoms with Gasteiger partial charge in [-0.1, -0.05) is 38.4 Å². The minimum atomic E-state index is -0.00118. The van der Waals surface area contributed by atoms with Crippen LogP contribution in [0.25, 0.3) is 21.6 Å². The zero-order valence-corrected chi connectivity index (χ0v) is 19.8. The van der Waals surface area contributed by atoms with Crippen molar-refractivity contribution in [3.8, 4) is 21.6 Å². The highest BCUT2D eigenvalue weighted by Gasteiger charge is 2.23. The lowest BCUT2D eigenvalue weighted by Gasteiger charge is -2.30. The van der Waals surface area contributed by atoms with Crippen LogP contribution in [0.15, 0.2) is 48.0 Å². The van der Waals surface area contributed by atoms with E-state index < -0.39 is 0 Å². The summed E-state index contributed by atoms with van der Waals surface area (Å²) in [6.07, 6.45) is 3.79. The van der Waals surface area contributed by atoms with Crippen LogP contribution in [-0.2, 0) is 5.41 Å². The van der Waals surface area contributed by atoms with Crippen LogP contribution in [0.1, 0.15) is 49.7 Å². The lowest BCUT2D eigenvalue weighted by molar-refractivity contribution is 0.0709. The summed E-state index contributed by atoms with van der Waals surface area (Å²) in [5, 5.41) is 2.73. The molecule has 3 aromatic rings. The SMILES string of the molecule is CC(C)(C)c1cc(-c2csc(-c3ccc(C(=O)N4CCC[C@@H](N)C4)cc3Cl)c2)ccn1. The lowest BCUT2D eigenvalue weighted by atomic mass is 9.90. The summed E-state index contributed by atoms with van der Waals surface area (Å²) >= 11 is 8.27. The number of halogens is 1. The summed E-state index contributed by atoms with van der Waals surface area (Å²) in [5.74, 6) is 0.00182. The molecule has 1 aromatic carbocycles. The zero-order valence-electron chi connectivity index (χ0n) is 18.2. The van der Waals surface area contributed by atoms with Gasteiger partial charge < -0.3 is 10.6 Å². The molecule has 31 heavy (non-hydrogen) atoms. The van der Waals surface area contributed by atoms with Gasteiger partial charge in [-0.3, -0.25) is 9.78 Å². The van der Waals surface area contributed by atoms with Crippen molar-refractivity contribution in [1.29, 1.82) is 0 Å². The van der Waals surface area contributed by atoms with E-state index in [0.29, 0.717) is 17.1 Å². The summed E-state index contributed by atoms with van der Waals surface area (Å²) in [6, 6.07) is 12.0. The Bertz CT molecular complexity index is 1100. The van der Waals surface area contributed by atoms with Gasteiger partial charge in [0, 0.05) is 52.4 Å². The lowest BCUT2D eigenvalue weighted by Crippen LogP contribution is -2.45. The predicted octanol–water partition coefficient (Wildman–Crippen LogP) is 5.99. The number of amides is 1. The molecule has 1 aliphatic heterocycles. The van der Waals surface area contributed by atoms with Crippen molar-refractivity contribution in [2.75, 3.05) is 13.1 Å². The quantitative estimate of drug-likeness (QED) is 0.529.